The fourth-order valence-electron chi connectivity index (χ4n) is 1.59. The Morgan fingerprint density at radius 1 is 1.56 bits per heavy atom. The molecule has 0 saturated heterocycles. The van der Waals surface area contributed by atoms with Gasteiger partial charge in [0.25, 0.3) is 0 Å². The second-order valence-corrected chi connectivity index (χ2v) is 4.06. The summed E-state index contributed by atoms with van der Waals surface area (Å²) in [5.41, 5.74) is 4.32. The molecular weight excluding hydrogens is 224 g/mol. The van der Waals surface area contributed by atoms with Crippen LogP contribution in [-0.4, -0.2) is 18.8 Å². The number of carbonyl (C=O) groups is 1. The van der Waals surface area contributed by atoms with Gasteiger partial charge in [0.15, 0.2) is 0 Å². The van der Waals surface area contributed by atoms with Gasteiger partial charge in [-0.15, -0.1) is 12.6 Å². The molecule has 1 unspecified atom stereocenters. The average molecular weight is 236 g/mol. The van der Waals surface area contributed by atoms with Gasteiger partial charge in [-0.1, -0.05) is 24.3 Å². The van der Waals surface area contributed by atoms with E-state index in [1.54, 1.807) is 13.1 Å². The number of hydrogen-bond acceptors (Lipinski definition) is 5. The van der Waals surface area contributed by atoms with Gasteiger partial charge in [0.1, 0.15) is 0 Å². The van der Waals surface area contributed by atoms with Crippen molar-refractivity contribution >= 4 is 24.8 Å². The fourth-order valence-corrected chi connectivity index (χ4v) is 1.91. The largest absolute Gasteiger partial charge is 0.463 e. The maximum atomic E-state index is 11.8. The predicted octanol–water partition coefficient (Wildman–Crippen LogP) is 1.27. The van der Waals surface area contributed by atoms with Crippen LogP contribution in [0.5, 0.6) is 0 Å². The molecular formula is C11H12N2O2S. The number of benzene rings is 1. The van der Waals surface area contributed by atoms with E-state index in [1.165, 1.54) is 0 Å². The van der Waals surface area contributed by atoms with Crippen molar-refractivity contribution in [2.75, 3.05) is 6.61 Å². The van der Waals surface area contributed by atoms with E-state index < -0.39 is 10.8 Å². The lowest BCUT2D eigenvalue weighted by molar-refractivity contribution is -0.147. The third-order valence-corrected chi connectivity index (χ3v) is 2.87. The first kappa shape index (κ1) is 11.0. The Bertz CT molecular complexity index is 447. The molecule has 1 aromatic carbocycles. The van der Waals surface area contributed by atoms with Gasteiger partial charge in [0, 0.05) is 11.1 Å². The highest BCUT2D eigenvalue weighted by molar-refractivity contribution is 7.82. The van der Waals surface area contributed by atoms with Crippen molar-refractivity contribution in [3.8, 4) is 0 Å². The summed E-state index contributed by atoms with van der Waals surface area (Å²) in [6, 6.07) is 7.45. The monoisotopic (exact) mass is 236 g/mol. The SMILES string of the molecule is CCOC(=O)C1(S)NN=Cc2ccccc21. The average Bonchev–Trinajstić information content (AvgIpc) is 2.30. The van der Waals surface area contributed by atoms with Crippen molar-refractivity contribution in [1.82, 2.24) is 5.43 Å². The van der Waals surface area contributed by atoms with Crippen molar-refractivity contribution < 1.29 is 9.53 Å². The summed E-state index contributed by atoms with van der Waals surface area (Å²) in [5.74, 6) is -0.442. The van der Waals surface area contributed by atoms with Crippen LogP contribution in [0.25, 0.3) is 0 Å². The smallest absolute Gasteiger partial charge is 0.348 e. The Hall–Kier alpha value is -1.49. The Morgan fingerprint density at radius 3 is 3.06 bits per heavy atom. The van der Waals surface area contributed by atoms with E-state index in [9.17, 15) is 4.79 Å². The third-order valence-electron chi connectivity index (χ3n) is 2.35. The van der Waals surface area contributed by atoms with E-state index in [0.29, 0.717) is 6.61 Å². The highest BCUT2D eigenvalue weighted by Crippen LogP contribution is 2.31. The molecule has 0 radical (unpaired) electrons. The molecule has 16 heavy (non-hydrogen) atoms. The Balaban J connectivity index is 2.44. The van der Waals surface area contributed by atoms with Crippen molar-refractivity contribution in [1.29, 1.82) is 0 Å². The first-order valence-corrected chi connectivity index (χ1v) is 5.42. The molecule has 1 aliphatic rings. The third kappa shape index (κ3) is 1.67. The molecule has 0 aromatic heterocycles. The number of fused-ring (bicyclic) bond motifs is 1. The van der Waals surface area contributed by atoms with Gasteiger partial charge in [-0.3, -0.25) is 5.43 Å². The number of ether oxygens (including phenoxy) is 1. The molecule has 0 spiro atoms. The second kappa shape index (κ2) is 4.17. The molecule has 0 fully saturated rings. The van der Waals surface area contributed by atoms with Gasteiger partial charge in [-0.25, -0.2) is 4.79 Å². The number of nitrogens with one attached hydrogen (secondary N) is 1. The van der Waals surface area contributed by atoms with Crippen molar-refractivity contribution in [2.45, 2.75) is 11.8 Å². The molecule has 0 aliphatic carbocycles. The summed E-state index contributed by atoms with van der Waals surface area (Å²) >= 11 is 4.36. The zero-order chi connectivity index (χ0) is 11.6. The van der Waals surface area contributed by atoms with Gasteiger partial charge in [-0.05, 0) is 6.92 Å². The molecule has 0 saturated carbocycles. The molecule has 1 N–H and O–H groups in total. The summed E-state index contributed by atoms with van der Waals surface area (Å²) in [7, 11) is 0. The van der Waals surface area contributed by atoms with Gasteiger partial charge in [-0.2, -0.15) is 5.10 Å². The summed E-state index contributed by atoms with van der Waals surface area (Å²) in [6.07, 6.45) is 1.66. The predicted molar refractivity (Wildman–Crippen MR) is 64.5 cm³/mol. The fraction of sp³-hybridized carbons (Fsp3) is 0.273. The van der Waals surface area contributed by atoms with Crippen molar-refractivity contribution in [3.05, 3.63) is 35.4 Å². The highest BCUT2D eigenvalue weighted by atomic mass is 32.1. The van der Waals surface area contributed by atoms with Crippen molar-refractivity contribution in [2.24, 2.45) is 5.10 Å². The molecule has 5 heteroatoms. The molecule has 0 amide bonds. The zero-order valence-electron chi connectivity index (χ0n) is 8.80. The number of rotatable bonds is 2. The first-order valence-electron chi connectivity index (χ1n) is 4.98. The standard InChI is InChI=1S/C11H12N2O2S/c1-2-15-10(14)11(16)9-6-4-3-5-8(9)7-12-13-11/h3-7,13,16H,2H2,1H3. The van der Waals surface area contributed by atoms with Gasteiger partial charge < -0.3 is 4.74 Å². The van der Waals surface area contributed by atoms with Crippen LogP contribution in [0.1, 0.15) is 18.1 Å². The Kier molecular flexibility index (Phi) is 2.87. The molecule has 4 nitrogen and oxygen atoms in total. The normalized spacial score (nSPS) is 22.1. The number of hydrazone groups is 1. The molecule has 1 aliphatic heterocycles. The minimum Gasteiger partial charge on any atom is -0.463 e. The molecule has 0 bridgehead atoms. The van der Waals surface area contributed by atoms with E-state index in [4.69, 9.17) is 4.74 Å². The van der Waals surface area contributed by atoms with Crippen LogP contribution in [0.2, 0.25) is 0 Å². The van der Waals surface area contributed by atoms with Crippen LogP contribution >= 0.6 is 12.6 Å². The minimum atomic E-state index is -1.19. The van der Waals surface area contributed by atoms with E-state index in [0.717, 1.165) is 11.1 Å². The maximum Gasteiger partial charge on any atom is 0.348 e. The van der Waals surface area contributed by atoms with E-state index in [-0.39, 0.29) is 0 Å². The summed E-state index contributed by atoms with van der Waals surface area (Å²) in [6.45, 7) is 2.07. The molecule has 1 atom stereocenters. The van der Waals surface area contributed by atoms with E-state index in [2.05, 4.69) is 23.2 Å². The van der Waals surface area contributed by atoms with Crippen LogP contribution in [0.15, 0.2) is 29.4 Å². The quantitative estimate of drug-likeness (QED) is 0.600. The zero-order valence-corrected chi connectivity index (χ0v) is 9.70. The number of esters is 1. The van der Waals surface area contributed by atoms with Crippen LogP contribution in [0, 0.1) is 0 Å². The molecule has 1 aromatic rings. The summed E-state index contributed by atoms with van der Waals surface area (Å²) in [4.78, 5) is 10.7. The highest BCUT2D eigenvalue weighted by Gasteiger charge is 2.41. The lowest BCUT2D eigenvalue weighted by Gasteiger charge is -2.30. The van der Waals surface area contributed by atoms with Crippen LogP contribution in [0.4, 0.5) is 0 Å². The van der Waals surface area contributed by atoms with Gasteiger partial charge >= 0.3 is 5.97 Å². The van der Waals surface area contributed by atoms with Gasteiger partial charge in [0.05, 0.1) is 12.8 Å². The van der Waals surface area contributed by atoms with Gasteiger partial charge in [0.2, 0.25) is 4.87 Å². The number of hydrogen-bond donors (Lipinski definition) is 2. The number of carbonyl (C=O) groups excluding carboxylic acids is 1. The summed E-state index contributed by atoms with van der Waals surface area (Å²) in [5, 5.41) is 3.92. The molecule has 2 rings (SSSR count). The second-order valence-electron chi connectivity index (χ2n) is 3.39. The Morgan fingerprint density at radius 2 is 2.31 bits per heavy atom. The van der Waals surface area contributed by atoms with E-state index in [1.807, 2.05) is 24.3 Å². The number of nitrogens with zero attached hydrogens (tertiary/aromatic N) is 1. The minimum absolute atomic E-state index is 0.314. The van der Waals surface area contributed by atoms with Crippen molar-refractivity contribution in [3.63, 3.8) is 0 Å². The molecule has 1 heterocycles. The molecule has 84 valence electrons. The van der Waals surface area contributed by atoms with Crippen LogP contribution in [0.3, 0.4) is 0 Å². The summed E-state index contributed by atoms with van der Waals surface area (Å²) < 4.78 is 4.99. The lowest BCUT2D eigenvalue weighted by Crippen LogP contribution is -2.45. The lowest BCUT2D eigenvalue weighted by atomic mass is 9.99. The Labute approximate surface area is 99.1 Å². The maximum absolute atomic E-state index is 11.8. The van der Waals surface area contributed by atoms with Crippen LogP contribution in [-0.2, 0) is 14.4 Å². The van der Waals surface area contributed by atoms with E-state index >= 15 is 0 Å². The van der Waals surface area contributed by atoms with Crippen LogP contribution < -0.4 is 5.43 Å². The number of thiol groups is 1. The topological polar surface area (TPSA) is 50.7 Å². The first-order chi connectivity index (χ1) is 7.68.